The molecule has 0 radical (unpaired) electrons. The van der Waals surface area contributed by atoms with Crippen LogP contribution in [0.5, 0.6) is 0 Å². The van der Waals surface area contributed by atoms with Crippen LogP contribution in [0.1, 0.15) is 11.3 Å². The van der Waals surface area contributed by atoms with Crippen LogP contribution >= 0.6 is 47.0 Å². The van der Waals surface area contributed by atoms with Gasteiger partial charge in [-0.15, -0.1) is 0 Å². The van der Waals surface area contributed by atoms with Crippen LogP contribution in [0.15, 0.2) is 71.5 Å². The van der Waals surface area contributed by atoms with Crippen LogP contribution in [0.3, 0.4) is 0 Å². The van der Waals surface area contributed by atoms with Crippen molar-refractivity contribution < 1.29 is 4.79 Å². The zero-order valence-electron chi connectivity index (χ0n) is 18.3. The van der Waals surface area contributed by atoms with Crippen LogP contribution in [0.2, 0.25) is 0 Å². The maximum Gasteiger partial charge on any atom is 0.295 e. The van der Waals surface area contributed by atoms with Gasteiger partial charge in [-0.2, -0.15) is 0 Å². The maximum absolute atomic E-state index is 13.1. The lowest BCUT2D eigenvalue weighted by molar-refractivity contribution is -0.117. The largest absolute Gasteiger partial charge is 0.339 e. The third-order valence-electron chi connectivity index (χ3n) is 4.91. The number of benzene rings is 2. The summed E-state index contributed by atoms with van der Waals surface area (Å²) in [6.45, 7) is 1.77. The van der Waals surface area contributed by atoms with Crippen molar-refractivity contribution in [3.8, 4) is 5.69 Å². The van der Waals surface area contributed by atoms with Crippen molar-refractivity contribution in [3.63, 3.8) is 0 Å². The van der Waals surface area contributed by atoms with E-state index in [9.17, 15) is 9.59 Å². The van der Waals surface area contributed by atoms with Crippen molar-refractivity contribution in [2.75, 3.05) is 5.32 Å². The minimum absolute atomic E-state index is 0.00493. The summed E-state index contributed by atoms with van der Waals surface area (Å²) >= 11 is 23.5. The summed E-state index contributed by atoms with van der Waals surface area (Å²) < 4.78 is 1.27. The van der Waals surface area contributed by atoms with Crippen molar-refractivity contribution in [1.82, 2.24) is 20.0 Å². The minimum Gasteiger partial charge on any atom is -0.339 e. The van der Waals surface area contributed by atoms with Crippen LogP contribution in [-0.2, 0) is 11.8 Å². The highest BCUT2D eigenvalue weighted by Gasteiger charge is 2.34. The normalized spacial score (nSPS) is 12.4. The maximum atomic E-state index is 13.1. The summed E-state index contributed by atoms with van der Waals surface area (Å²) in [6.07, 6.45) is 1.77. The number of amides is 1. The molecule has 178 valence electrons. The summed E-state index contributed by atoms with van der Waals surface area (Å²) in [6, 6.07) is 18.4. The molecule has 1 amide bonds. The Hall–Kier alpha value is -2.78. The Bertz CT molecular complexity index is 1250. The zero-order chi connectivity index (χ0) is 24.9. The molecule has 0 aliphatic rings. The minimum atomic E-state index is -1.93. The van der Waals surface area contributed by atoms with Crippen LogP contribution in [0.4, 0.5) is 5.69 Å². The number of hydrogen-bond acceptors (Lipinski definition) is 3. The third kappa shape index (κ3) is 6.42. The number of nitrogens with zero attached hydrogens (tertiary/aromatic N) is 2. The van der Waals surface area contributed by atoms with Crippen LogP contribution in [-0.4, -0.2) is 30.3 Å². The molecule has 3 N–H and O–H groups in total. The second kappa shape index (κ2) is 11.1. The highest BCUT2D eigenvalue weighted by atomic mass is 35.6. The van der Waals surface area contributed by atoms with Gasteiger partial charge in [0.25, 0.3) is 5.56 Å². The Morgan fingerprint density at radius 1 is 1.03 bits per heavy atom. The molecule has 7 nitrogen and oxygen atoms in total. The van der Waals surface area contributed by atoms with Gasteiger partial charge in [0.2, 0.25) is 9.70 Å². The van der Waals surface area contributed by atoms with Crippen LogP contribution in [0.25, 0.3) is 11.8 Å². The number of alkyl halides is 3. The highest BCUT2D eigenvalue weighted by Crippen LogP contribution is 2.29. The lowest BCUT2D eigenvalue weighted by atomic mass is 10.2. The van der Waals surface area contributed by atoms with Crippen LogP contribution in [0, 0.1) is 6.92 Å². The molecule has 0 fully saturated rings. The molecule has 0 saturated heterocycles. The first-order valence-electron chi connectivity index (χ1n) is 10.1. The summed E-state index contributed by atoms with van der Waals surface area (Å²) in [7, 11) is 1.76. The Morgan fingerprint density at radius 2 is 1.62 bits per heavy atom. The number of thiocarbonyl (C=S) groups is 1. The van der Waals surface area contributed by atoms with Gasteiger partial charge < -0.3 is 16.0 Å². The van der Waals surface area contributed by atoms with Gasteiger partial charge >= 0.3 is 0 Å². The molecule has 1 heterocycles. The highest BCUT2D eigenvalue weighted by molar-refractivity contribution is 7.80. The van der Waals surface area contributed by atoms with E-state index >= 15 is 0 Å². The lowest BCUT2D eigenvalue weighted by Gasteiger charge is -2.27. The van der Waals surface area contributed by atoms with Gasteiger partial charge in [-0.25, -0.2) is 4.68 Å². The SMILES string of the molecule is Cc1c(NC(=S)NC(NC(=O)/C=C\c2ccccc2)C(Cl)(Cl)Cl)c(=O)n(-c2ccccc2)n1C. The summed E-state index contributed by atoms with van der Waals surface area (Å²) in [5, 5.41) is 8.18. The predicted molar refractivity (Wildman–Crippen MR) is 143 cm³/mol. The second-order valence-corrected chi connectivity index (χ2v) is 10.0. The first-order valence-corrected chi connectivity index (χ1v) is 11.6. The molecule has 0 saturated carbocycles. The van der Waals surface area contributed by atoms with E-state index in [0.717, 1.165) is 5.56 Å². The van der Waals surface area contributed by atoms with E-state index in [0.29, 0.717) is 11.4 Å². The summed E-state index contributed by atoms with van der Waals surface area (Å²) in [5.41, 5.74) is 2.11. The molecule has 3 aromatic rings. The molecule has 0 bridgehead atoms. The molecular formula is C23H22Cl3N5O2S. The molecule has 1 aromatic heterocycles. The number of rotatable bonds is 6. The molecule has 11 heteroatoms. The molecule has 0 spiro atoms. The number of anilines is 1. The molecule has 0 aliphatic heterocycles. The van der Waals surface area contributed by atoms with E-state index in [2.05, 4.69) is 16.0 Å². The van der Waals surface area contributed by atoms with Crippen molar-refractivity contribution in [3.05, 3.63) is 88.4 Å². The molecule has 34 heavy (non-hydrogen) atoms. The van der Waals surface area contributed by atoms with E-state index in [1.54, 1.807) is 24.7 Å². The van der Waals surface area contributed by atoms with Gasteiger partial charge in [0.1, 0.15) is 11.9 Å². The van der Waals surface area contributed by atoms with E-state index in [4.69, 9.17) is 47.0 Å². The average Bonchev–Trinajstić information content (AvgIpc) is 3.01. The first-order chi connectivity index (χ1) is 16.1. The fraction of sp³-hybridized carbons (Fsp3) is 0.174. The Labute approximate surface area is 217 Å². The van der Waals surface area contributed by atoms with Gasteiger partial charge in [-0.3, -0.25) is 14.3 Å². The van der Waals surface area contributed by atoms with E-state index in [1.165, 1.54) is 10.8 Å². The van der Waals surface area contributed by atoms with Gasteiger partial charge in [0.15, 0.2) is 5.11 Å². The summed E-state index contributed by atoms with van der Waals surface area (Å²) in [5.74, 6) is -0.502. The van der Waals surface area contributed by atoms with Gasteiger partial charge in [-0.05, 0) is 42.9 Å². The molecule has 1 unspecified atom stereocenters. The van der Waals surface area contributed by atoms with Crippen molar-refractivity contribution in [2.45, 2.75) is 16.9 Å². The Balaban J connectivity index is 1.74. The summed E-state index contributed by atoms with van der Waals surface area (Å²) in [4.78, 5) is 25.5. The van der Waals surface area contributed by atoms with Crippen molar-refractivity contribution in [2.24, 2.45) is 7.05 Å². The fourth-order valence-electron chi connectivity index (χ4n) is 3.12. The number of nitrogens with one attached hydrogen (secondary N) is 3. The second-order valence-electron chi connectivity index (χ2n) is 7.26. The molecule has 2 aromatic carbocycles. The van der Waals surface area contributed by atoms with Gasteiger partial charge in [-0.1, -0.05) is 83.3 Å². The molecule has 0 aliphatic carbocycles. The smallest absolute Gasteiger partial charge is 0.295 e. The van der Waals surface area contributed by atoms with E-state index in [-0.39, 0.29) is 16.4 Å². The fourth-order valence-corrected chi connectivity index (χ4v) is 3.67. The zero-order valence-corrected chi connectivity index (χ0v) is 21.3. The number of aromatic nitrogens is 2. The number of carbonyl (C=O) groups excluding carboxylic acids is 1. The third-order valence-corrected chi connectivity index (χ3v) is 5.78. The van der Waals surface area contributed by atoms with Crippen molar-refractivity contribution >= 4 is 69.8 Å². The van der Waals surface area contributed by atoms with Crippen molar-refractivity contribution in [1.29, 1.82) is 0 Å². The van der Waals surface area contributed by atoms with Gasteiger partial charge in [0.05, 0.1) is 11.4 Å². The number of para-hydroxylation sites is 1. The average molecular weight is 539 g/mol. The monoisotopic (exact) mass is 537 g/mol. The number of hydrogen-bond donors (Lipinski definition) is 3. The molecular weight excluding hydrogens is 517 g/mol. The number of halogens is 3. The van der Waals surface area contributed by atoms with Crippen LogP contribution < -0.4 is 21.5 Å². The van der Waals surface area contributed by atoms with Gasteiger partial charge in [0, 0.05) is 13.1 Å². The Kier molecular flexibility index (Phi) is 8.43. The van der Waals surface area contributed by atoms with E-state index < -0.39 is 15.9 Å². The lowest BCUT2D eigenvalue weighted by Crippen LogP contribution is -2.56. The first kappa shape index (κ1) is 25.8. The number of carbonyl (C=O) groups is 1. The predicted octanol–water partition coefficient (Wildman–Crippen LogP) is 4.30. The quantitative estimate of drug-likeness (QED) is 0.189. The topological polar surface area (TPSA) is 80.1 Å². The Morgan fingerprint density at radius 3 is 2.21 bits per heavy atom. The molecule has 1 atom stereocenters. The standard InChI is InChI=1S/C23H22Cl3N5O2S/c1-15-19(20(33)31(30(15)2)17-11-7-4-8-12-17)28-22(34)29-21(23(24,25)26)27-18(32)14-13-16-9-5-3-6-10-16/h3-14,21H,1-2H3,(H,27,32)(H2,28,29,34)/b14-13-. The van der Waals surface area contributed by atoms with E-state index in [1.807, 2.05) is 60.7 Å². The molecule has 3 rings (SSSR count).